The molecule has 4 nitrogen and oxygen atoms in total. The van der Waals surface area contributed by atoms with Crippen LogP contribution in [0.4, 0.5) is 5.95 Å². The van der Waals surface area contributed by atoms with Gasteiger partial charge in [0.05, 0.1) is 17.4 Å². The second kappa shape index (κ2) is 8.43. The molecule has 3 aromatic carbocycles. The van der Waals surface area contributed by atoms with E-state index in [1.165, 1.54) is 12.4 Å². The molecule has 142 valence electrons. The Morgan fingerprint density at radius 1 is 0.759 bits per heavy atom. The van der Waals surface area contributed by atoms with Crippen LogP contribution in [0.25, 0.3) is 22.3 Å². The van der Waals surface area contributed by atoms with Crippen LogP contribution < -0.4 is 5.32 Å². The van der Waals surface area contributed by atoms with Crippen LogP contribution in [-0.2, 0) is 0 Å². The van der Waals surface area contributed by atoms with Crippen molar-refractivity contribution in [2.75, 3.05) is 5.32 Å². The van der Waals surface area contributed by atoms with E-state index in [2.05, 4.69) is 27.4 Å². The maximum Gasteiger partial charge on any atom is 0.258 e. The summed E-state index contributed by atoms with van der Waals surface area (Å²) in [5.74, 6) is -0.144. The molecule has 4 rings (SSSR count). The topological polar surface area (TPSA) is 54.9 Å². The Morgan fingerprint density at radius 3 is 2.07 bits per heavy atom. The zero-order chi connectivity index (χ0) is 20.2. The largest absolute Gasteiger partial charge is 0.290 e. The molecule has 1 heterocycles. The minimum atomic E-state index is -0.328. The summed E-state index contributed by atoms with van der Waals surface area (Å²) in [7, 11) is 0. The van der Waals surface area contributed by atoms with Crippen molar-refractivity contribution in [2.45, 2.75) is 0 Å². The lowest BCUT2D eigenvalue weighted by atomic mass is 9.99. The molecule has 0 aliphatic heterocycles. The second-order valence-electron chi connectivity index (χ2n) is 6.32. The zero-order valence-corrected chi connectivity index (χ0v) is 16.7. The van der Waals surface area contributed by atoms with Crippen molar-refractivity contribution in [3.05, 3.63) is 101 Å². The number of nitrogens with zero attached hydrogens (tertiary/aromatic N) is 2. The highest BCUT2D eigenvalue weighted by molar-refractivity contribution is 6.33. The lowest BCUT2D eigenvalue weighted by Crippen LogP contribution is -2.14. The van der Waals surface area contributed by atoms with E-state index in [9.17, 15) is 4.79 Å². The van der Waals surface area contributed by atoms with Gasteiger partial charge >= 0.3 is 0 Å². The van der Waals surface area contributed by atoms with Gasteiger partial charge in [-0.05, 0) is 34.9 Å². The van der Waals surface area contributed by atoms with Gasteiger partial charge in [-0.25, -0.2) is 9.97 Å². The van der Waals surface area contributed by atoms with Gasteiger partial charge in [0.1, 0.15) is 0 Å². The minimum absolute atomic E-state index is 0.183. The molecule has 0 spiro atoms. The molecule has 0 bridgehead atoms. The Balaban J connectivity index is 1.59. The van der Waals surface area contributed by atoms with E-state index in [-0.39, 0.29) is 11.9 Å². The number of hydrogen-bond acceptors (Lipinski definition) is 3. The Bertz CT molecular complexity index is 1150. The third kappa shape index (κ3) is 4.45. The van der Waals surface area contributed by atoms with Gasteiger partial charge in [-0.15, -0.1) is 0 Å². The Morgan fingerprint density at radius 2 is 1.38 bits per heavy atom. The normalized spacial score (nSPS) is 10.6. The van der Waals surface area contributed by atoms with Crippen molar-refractivity contribution in [3.8, 4) is 22.3 Å². The summed E-state index contributed by atoms with van der Waals surface area (Å²) in [6.07, 6.45) is 2.84. The van der Waals surface area contributed by atoms with Gasteiger partial charge in [0.2, 0.25) is 5.95 Å². The lowest BCUT2D eigenvalue weighted by Gasteiger charge is -2.09. The summed E-state index contributed by atoms with van der Waals surface area (Å²) < 4.78 is 0. The molecule has 0 aliphatic carbocycles. The van der Waals surface area contributed by atoms with Crippen molar-refractivity contribution in [3.63, 3.8) is 0 Å². The smallest absolute Gasteiger partial charge is 0.258 e. The molecule has 4 aromatic rings. The second-order valence-corrected chi connectivity index (χ2v) is 7.16. The summed E-state index contributed by atoms with van der Waals surface area (Å²) in [6.45, 7) is 0. The fraction of sp³-hybridized carbons (Fsp3) is 0. The number of benzene rings is 3. The first-order chi connectivity index (χ1) is 14.1. The third-order valence-corrected chi connectivity index (χ3v) is 4.90. The fourth-order valence-corrected chi connectivity index (χ4v) is 3.24. The Labute approximate surface area is 178 Å². The van der Waals surface area contributed by atoms with Gasteiger partial charge in [0, 0.05) is 16.1 Å². The van der Waals surface area contributed by atoms with Gasteiger partial charge < -0.3 is 0 Å². The highest BCUT2D eigenvalue weighted by Crippen LogP contribution is 2.31. The van der Waals surface area contributed by atoms with Gasteiger partial charge in [-0.1, -0.05) is 77.8 Å². The number of carbonyl (C=O) groups is 1. The molecule has 6 heteroatoms. The summed E-state index contributed by atoms with van der Waals surface area (Å²) in [5, 5.41) is 3.62. The predicted molar refractivity (Wildman–Crippen MR) is 117 cm³/mol. The van der Waals surface area contributed by atoms with Crippen LogP contribution in [0.5, 0.6) is 0 Å². The van der Waals surface area contributed by atoms with Gasteiger partial charge in [-0.3, -0.25) is 10.1 Å². The number of rotatable bonds is 4. The summed E-state index contributed by atoms with van der Waals surface area (Å²) in [4.78, 5) is 20.5. The highest BCUT2D eigenvalue weighted by atomic mass is 35.5. The van der Waals surface area contributed by atoms with Crippen LogP contribution in [0.2, 0.25) is 10.0 Å². The monoisotopic (exact) mass is 419 g/mol. The van der Waals surface area contributed by atoms with E-state index in [0.29, 0.717) is 15.6 Å². The van der Waals surface area contributed by atoms with E-state index in [1.807, 2.05) is 42.5 Å². The first-order valence-electron chi connectivity index (χ1n) is 8.84. The maximum absolute atomic E-state index is 12.6. The molecule has 0 saturated carbocycles. The summed E-state index contributed by atoms with van der Waals surface area (Å²) in [5.41, 5.74) is 4.40. The average molecular weight is 420 g/mol. The van der Waals surface area contributed by atoms with Gasteiger partial charge in [0.25, 0.3) is 5.91 Å². The Hall–Kier alpha value is -3.21. The lowest BCUT2D eigenvalue weighted by molar-refractivity contribution is 0.102. The van der Waals surface area contributed by atoms with E-state index >= 15 is 0 Å². The number of anilines is 1. The Kier molecular flexibility index (Phi) is 5.56. The zero-order valence-electron chi connectivity index (χ0n) is 15.1. The van der Waals surface area contributed by atoms with Crippen molar-refractivity contribution in [1.29, 1.82) is 0 Å². The average Bonchev–Trinajstić information content (AvgIpc) is 2.76. The molecule has 0 radical (unpaired) electrons. The molecule has 0 aliphatic rings. The molecule has 0 fully saturated rings. The number of hydrogen-bond donors (Lipinski definition) is 1. The minimum Gasteiger partial charge on any atom is -0.290 e. The van der Waals surface area contributed by atoms with Crippen LogP contribution in [0.3, 0.4) is 0 Å². The van der Waals surface area contributed by atoms with Crippen molar-refractivity contribution < 1.29 is 4.79 Å². The van der Waals surface area contributed by atoms with Crippen LogP contribution in [0.15, 0.2) is 85.2 Å². The molecule has 1 N–H and O–H groups in total. The van der Waals surface area contributed by atoms with E-state index in [1.54, 1.807) is 18.2 Å². The predicted octanol–water partition coefficient (Wildman–Crippen LogP) is 6.37. The maximum atomic E-state index is 12.6. The van der Waals surface area contributed by atoms with E-state index in [4.69, 9.17) is 23.2 Å². The quantitative estimate of drug-likeness (QED) is 0.417. The molecule has 0 saturated heterocycles. The SMILES string of the molecule is O=C(Nc1ncc(Cl)cn1)c1ccc(Cl)c(-c2ccc(-c3ccccc3)cc2)c1. The van der Waals surface area contributed by atoms with Crippen molar-refractivity contribution in [2.24, 2.45) is 0 Å². The number of halogens is 2. The number of aromatic nitrogens is 2. The summed E-state index contributed by atoms with van der Waals surface area (Å²) >= 11 is 12.2. The first-order valence-corrected chi connectivity index (χ1v) is 9.60. The van der Waals surface area contributed by atoms with Crippen LogP contribution >= 0.6 is 23.2 Å². The molecular weight excluding hydrogens is 405 g/mol. The third-order valence-electron chi connectivity index (χ3n) is 4.38. The molecule has 1 amide bonds. The number of carbonyl (C=O) groups excluding carboxylic acids is 1. The molecular formula is C23H15Cl2N3O. The van der Waals surface area contributed by atoms with Crippen LogP contribution in [0.1, 0.15) is 10.4 Å². The molecule has 29 heavy (non-hydrogen) atoms. The first kappa shape index (κ1) is 19.1. The van der Waals surface area contributed by atoms with Crippen molar-refractivity contribution >= 4 is 35.1 Å². The molecule has 0 unspecified atom stereocenters. The number of nitrogens with one attached hydrogen (secondary N) is 1. The van der Waals surface area contributed by atoms with Gasteiger partial charge in [0.15, 0.2) is 0 Å². The number of amides is 1. The van der Waals surface area contributed by atoms with Gasteiger partial charge in [-0.2, -0.15) is 0 Å². The molecule has 0 atom stereocenters. The molecule has 1 aromatic heterocycles. The highest BCUT2D eigenvalue weighted by Gasteiger charge is 2.12. The standard InChI is InChI=1S/C23H15Cl2N3O/c24-19-13-26-23(27-14-19)28-22(29)18-10-11-21(25)20(12-18)17-8-6-16(7-9-17)15-4-2-1-3-5-15/h1-14H,(H,26,27,28,29). The van der Waals surface area contributed by atoms with Crippen LogP contribution in [-0.4, -0.2) is 15.9 Å². The van der Waals surface area contributed by atoms with Crippen LogP contribution in [0, 0.1) is 0 Å². The van der Waals surface area contributed by atoms with E-state index in [0.717, 1.165) is 22.3 Å². The van der Waals surface area contributed by atoms with E-state index < -0.39 is 0 Å². The fourth-order valence-electron chi connectivity index (χ4n) is 2.91. The summed E-state index contributed by atoms with van der Waals surface area (Å²) in [6, 6.07) is 23.3. The van der Waals surface area contributed by atoms with Crippen molar-refractivity contribution in [1.82, 2.24) is 9.97 Å².